The Bertz CT molecular complexity index is 2390. The number of benzene rings is 1. The van der Waals surface area contributed by atoms with Crippen LogP contribution in [0.1, 0.15) is 52.0 Å². The summed E-state index contributed by atoms with van der Waals surface area (Å²) in [5, 5.41) is 4.13. The van der Waals surface area contributed by atoms with Crippen LogP contribution < -0.4 is 10.2 Å². The quantitative estimate of drug-likeness (QED) is 0.0706. The fourth-order valence-corrected chi connectivity index (χ4v) is 10.7. The summed E-state index contributed by atoms with van der Waals surface area (Å²) < 4.78 is 28.7. The standard InChI is InChI=1S/C49H71N9O5Si2/c1-49(2,3)63-48(59)54-38-11-10-20-55(29-38)28-35-18-19-50-42(25-35)47-51-27-44(57(47)34-61-22-24-65(7,8)9)37-14-12-36(13-15-37)43-26-41-45(56(43)33-60-21-23-64(4,5)6)52-32-53-46(41)58-39-16-17-40(58)31-62-30-39/h12-15,18-19,25-27,32,38-40H,10-11,16-17,20-24,28-31,33-34H2,1-9H3,(H,54,59)/t38-,39?,40?/m1/s1. The predicted molar refractivity (Wildman–Crippen MR) is 263 cm³/mol. The van der Waals surface area contributed by atoms with Gasteiger partial charge in [0.1, 0.15) is 42.5 Å². The molecule has 0 aliphatic carbocycles. The molecule has 3 fully saturated rings. The van der Waals surface area contributed by atoms with E-state index in [1.807, 2.05) is 33.2 Å². The van der Waals surface area contributed by atoms with Crippen molar-refractivity contribution >= 4 is 39.1 Å². The van der Waals surface area contributed by atoms with E-state index in [1.165, 1.54) is 0 Å². The molecule has 5 aromatic rings. The van der Waals surface area contributed by atoms with Gasteiger partial charge < -0.3 is 33.7 Å². The van der Waals surface area contributed by atoms with Crippen LogP contribution in [0.15, 0.2) is 61.2 Å². The summed E-state index contributed by atoms with van der Waals surface area (Å²) in [5.74, 6) is 1.75. The van der Waals surface area contributed by atoms with Crippen LogP contribution in [0.25, 0.3) is 45.1 Å². The van der Waals surface area contributed by atoms with E-state index in [4.69, 9.17) is 38.9 Å². The Balaban J connectivity index is 1.07. The fourth-order valence-electron chi connectivity index (χ4n) is 9.17. The zero-order valence-corrected chi connectivity index (χ0v) is 42.2. The van der Waals surface area contributed by atoms with Gasteiger partial charge in [-0.05, 0) is 100.0 Å². The number of piperidine rings is 1. The number of hydrogen-bond acceptors (Lipinski definition) is 11. The summed E-state index contributed by atoms with van der Waals surface area (Å²) in [6.45, 7) is 26.0. The summed E-state index contributed by atoms with van der Waals surface area (Å²) in [5.41, 5.74) is 6.41. The second-order valence-corrected chi connectivity index (χ2v) is 32.9. The van der Waals surface area contributed by atoms with Gasteiger partial charge in [0, 0.05) is 54.7 Å². The number of likely N-dealkylation sites (tertiary alicyclic amines) is 1. The molecule has 8 rings (SSSR count). The van der Waals surface area contributed by atoms with E-state index in [1.54, 1.807) is 6.33 Å². The van der Waals surface area contributed by atoms with Crippen molar-refractivity contribution in [1.82, 2.24) is 39.3 Å². The van der Waals surface area contributed by atoms with Crippen molar-refractivity contribution in [2.24, 2.45) is 0 Å². The Hall–Kier alpha value is -4.46. The number of alkyl carbamates (subject to hydrolysis) is 1. The highest BCUT2D eigenvalue weighted by Crippen LogP contribution is 2.39. The molecule has 16 heteroatoms. The third-order valence-electron chi connectivity index (χ3n) is 12.6. The van der Waals surface area contributed by atoms with E-state index in [0.29, 0.717) is 32.2 Å². The van der Waals surface area contributed by atoms with E-state index in [0.717, 1.165) is 134 Å². The van der Waals surface area contributed by atoms with Crippen molar-refractivity contribution in [1.29, 1.82) is 0 Å². The number of imidazole rings is 1. The zero-order valence-electron chi connectivity index (χ0n) is 40.2. The predicted octanol–water partition coefficient (Wildman–Crippen LogP) is 9.51. The normalized spacial score (nSPS) is 19.6. The summed E-state index contributed by atoms with van der Waals surface area (Å²) in [4.78, 5) is 37.1. The maximum atomic E-state index is 12.6. The number of nitrogens with zero attached hydrogens (tertiary/aromatic N) is 8. The van der Waals surface area contributed by atoms with Crippen LogP contribution in [0.2, 0.25) is 51.4 Å². The number of aromatic nitrogens is 6. The average Bonchev–Trinajstić information content (AvgIpc) is 3.90. The minimum atomic E-state index is -1.30. The third-order valence-corrected chi connectivity index (χ3v) is 16.0. The number of hydrogen-bond donors (Lipinski definition) is 1. The lowest BCUT2D eigenvalue weighted by Crippen LogP contribution is -2.48. The first-order valence-electron chi connectivity index (χ1n) is 23.7. The van der Waals surface area contributed by atoms with Crippen LogP contribution in [0.3, 0.4) is 0 Å². The van der Waals surface area contributed by atoms with Crippen molar-refractivity contribution in [2.45, 2.75) is 142 Å². The molecule has 0 spiro atoms. The largest absolute Gasteiger partial charge is 0.444 e. The van der Waals surface area contributed by atoms with E-state index < -0.39 is 21.7 Å². The third kappa shape index (κ3) is 11.9. The number of rotatable bonds is 17. The first-order chi connectivity index (χ1) is 31.0. The van der Waals surface area contributed by atoms with Crippen molar-refractivity contribution in [2.75, 3.05) is 44.4 Å². The average molecular weight is 922 g/mol. The molecule has 0 saturated carbocycles. The molecule has 2 unspecified atom stereocenters. The SMILES string of the molecule is CC(C)(C)OC(=O)N[C@@H]1CCCN(Cc2ccnc(-c3ncc(-c4ccc(-c5cc6c(N7C8CCC7COC8)ncnc6n5COCC[Si](C)(C)C)cc4)n3COCC[Si](C)(C)C)c2)C1. The number of carbonyl (C=O) groups excluding carboxylic acids is 1. The molecule has 3 saturated heterocycles. The van der Waals surface area contributed by atoms with Crippen LogP contribution in [-0.4, -0.2) is 119 Å². The van der Waals surface area contributed by atoms with Gasteiger partial charge in [0.05, 0.1) is 48.3 Å². The number of fused-ring (bicyclic) bond motifs is 3. The van der Waals surface area contributed by atoms with Gasteiger partial charge in [-0.25, -0.2) is 19.7 Å². The molecular weight excluding hydrogens is 851 g/mol. The van der Waals surface area contributed by atoms with Gasteiger partial charge in [0.25, 0.3) is 0 Å². The van der Waals surface area contributed by atoms with Crippen molar-refractivity contribution < 1.29 is 23.7 Å². The highest BCUT2D eigenvalue weighted by Gasteiger charge is 2.39. The summed E-state index contributed by atoms with van der Waals surface area (Å²) >= 11 is 0. The Kier molecular flexibility index (Phi) is 14.3. The minimum Gasteiger partial charge on any atom is -0.444 e. The van der Waals surface area contributed by atoms with Gasteiger partial charge in [0.15, 0.2) is 5.82 Å². The summed E-state index contributed by atoms with van der Waals surface area (Å²) in [7, 11) is -2.58. The topological polar surface area (TPSA) is 134 Å². The molecule has 2 bridgehead atoms. The first-order valence-corrected chi connectivity index (χ1v) is 31.1. The van der Waals surface area contributed by atoms with Crippen LogP contribution in [0, 0.1) is 0 Å². The second-order valence-electron chi connectivity index (χ2n) is 21.7. The molecule has 3 aliphatic rings. The van der Waals surface area contributed by atoms with E-state index in [9.17, 15) is 4.79 Å². The van der Waals surface area contributed by atoms with Gasteiger partial charge in [-0.1, -0.05) is 63.5 Å². The van der Waals surface area contributed by atoms with Gasteiger partial charge >= 0.3 is 6.09 Å². The van der Waals surface area contributed by atoms with Gasteiger partial charge in [-0.3, -0.25) is 14.5 Å². The molecule has 3 atom stereocenters. The number of anilines is 1. The Morgan fingerprint density at radius 3 is 2.14 bits per heavy atom. The maximum Gasteiger partial charge on any atom is 0.407 e. The van der Waals surface area contributed by atoms with Crippen molar-refractivity contribution in [3.05, 3.63) is 66.7 Å². The number of amides is 1. The van der Waals surface area contributed by atoms with Gasteiger partial charge in [0.2, 0.25) is 0 Å². The second kappa shape index (κ2) is 19.8. The van der Waals surface area contributed by atoms with Crippen LogP contribution in [0.5, 0.6) is 0 Å². The molecule has 1 amide bonds. The van der Waals surface area contributed by atoms with E-state index in [2.05, 4.69) is 106 Å². The molecular formula is C49H71N9O5Si2. The lowest BCUT2D eigenvalue weighted by atomic mass is 10.0. The molecule has 350 valence electrons. The maximum absolute atomic E-state index is 12.6. The highest BCUT2D eigenvalue weighted by atomic mass is 28.3. The Morgan fingerprint density at radius 2 is 1.48 bits per heavy atom. The van der Waals surface area contributed by atoms with E-state index >= 15 is 0 Å². The lowest BCUT2D eigenvalue weighted by molar-refractivity contribution is 0.0470. The number of nitrogens with one attached hydrogen (secondary N) is 1. The van der Waals surface area contributed by atoms with Crippen LogP contribution >= 0.6 is 0 Å². The number of carbonyl (C=O) groups is 1. The molecule has 14 nitrogen and oxygen atoms in total. The highest BCUT2D eigenvalue weighted by molar-refractivity contribution is 6.76. The molecule has 0 radical (unpaired) electrons. The lowest BCUT2D eigenvalue weighted by Gasteiger charge is -2.35. The monoisotopic (exact) mass is 922 g/mol. The number of ether oxygens (including phenoxy) is 4. The zero-order chi connectivity index (χ0) is 45.9. The van der Waals surface area contributed by atoms with E-state index in [-0.39, 0.29) is 12.1 Å². The van der Waals surface area contributed by atoms with Gasteiger partial charge in [-0.15, -0.1) is 0 Å². The molecule has 65 heavy (non-hydrogen) atoms. The Labute approximate surface area is 387 Å². The molecule has 3 aliphatic heterocycles. The molecule has 1 N–H and O–H groups in total. The minimum absolute atomic E-state index is 0.0360. The van der Waals surface area contributed by atoms with Crippen molar-refractivity contribution in [3.8, 4) is 34.0 Å². The van der Waals surface area contributed by atoms with Crippen LogP contribution in [-0.2, 0) is 39.0 Å². The van der Waals surface area contributed by atoms with Crippen molar-refractivity contribution in [3.63, 3.8) is 0 Å². The molecule has 7 heterocycles. The summed E-state index contributed by atoms with van der Waals surface area (Å²) in [6, 6.07) is 18.1. The van der Waals surface area contributed by atoms with Crippen LogP contribution in [0.4, 0.5) is 10.6 Å². The molecule has 4 aromatic heterocycles. The smallest absolute Gasteiger partial charge is 0.407 e. The first kappa shape index (κ1) is 47.1. The molecule has 1 aromatic carbocycles. The van der Waals surface area contributed by atoms with Gasteiger partial charge in [-0.2, -0.15) is 0 Å². The summed E-state index contributed by atoms with van der Waals surface area (Å²) in [6.07, 6.45) is 9.32. The number of morpholine rings is 1. The Morgan fingerprint density at radius 1 is 0.815 bits per heavy atom. The number of pyridine rings is 1. The fraction of sp³-hybridized carbons (Fsp3) is 0.571.